The molecule has 0 aliphatic carbocycles. The summed E-state index contributed by atoms with van der Waals surface area (Å²) in [6.07, 6.45) is 0.205. The third kappa shape index (κ3) is 6.06. The molecule has 0 aliphatic heterocycles. The first-order valence-electron chi connectivity index (χ1n) is 9.54. The summed E-state index contributed by atoms with van der Waals surface area (Å²) >= 11 is 5.81. The van der Waals surface area contributed by atoms with Crippen molar-refractivity contribution in [2.75, 3.05) is 10.6 Å². The van der Waals surface area contributed by atoms with Crippen LogP contribution in [0.25, 0.3) is 0 Å². The maximum Gasteiger partial charge on any atom is 0.344 e. The Morgan fingerprint density at radius 1 is 1.06 bits per heavy atom. The number of carbonyl (C=O) groups excluding carboxylic acids is 2. The highest BCUT2D eigenvalue weighted by molar-refractivity contribution is 6.30. The Hall–Kier alpha value is -4.42. The van der Waals surface area contributed by atoms with Gasteiger partial charge in [0.05, 0.1) is 27.9 Å². The normalized spacial score (nSPS) is 11.1. The minimum Gasteiger partial charge on any atom is -0.479 e. The molecule has 0 fully saturated rings. The molecule has 2 aromatic carbocycles. The van der Waals surface area contributed by atoms with Gasteiger partial charge in [0.2, 0.25) is 0 Å². The second kappa shape index (κ2) is 10.3. The van der Waals surface area contributed by atoms with Crippen molar-refractivity contribution in [1.29, 1.82) is 5.26 Å². The van der Waals surface area contributed by atoms with Crippen molar-refractivity contribution in [2.24, 2.45) is 0 Å². The van der Waals surface area contributed by atoms with Crippen LogP contribution in [0.15, 0.2) is 60.8 Å². The molecule has 3 N–H and O–H groups in total. The van der Waals surface area contributed by atoms with E-state index >= 15 is 0 Å². The van der Waals surface area contributed by atoms with E-state index in [9.17, 15) is 14.4 Å². The quantitative estimate of drug-likeness (QED) is 0.480. The highest BCUT2D eigenvalue weighted by Crippen LogP contribution is 2.25. The first-order chi connectivity index (χ1) is 15.8. The van der Waals surface area contributed by atoms with Crippen LogP contribution in [0.1, 0.15) is 33.2 Å². The molecule has 10 heteroatoms. The van der Waals surface area contributed by atoms with E-state index in [-0.39, 0.29) is 28.4 Å². The number of benzene rings is 2. The summed E-state index contributed by atoms with van der Waals surface area (Å²) in [6.45, 7) is 1.35. The SMILES string of the molecule is CC(Oc1ccc(NC(=O)c2ccc(C#N)cc2)c(C(=O)Nc2ccc(Cl)cn2)c1)C(=O)O. The summed E-state index contributed by atoms with van der Waals surface area (Å²) in [6, 6.07) is 15.2. The zero-order valence-corrected chi connectivity index (χ0v) is 18.0. The van der Waals surface area contributed by atoms with E-state index in [2.05, 4.69) is 15.6 Å². The lowest BCUT2D eigenvalue weighted by atomic mass is 10.1. The van der Waals surface area contributed by atoms with Crippen molar-refractivity contribution >= 4 is 40.9 Å². The number of ether oxygens (including phenoxy) is 1. The molecule has 0 radical (unpaired) electrons. The monoisotopic (exact) mass is 464 g/mol. The summed E-state index contributed by atoms with van der Waals surface area (Å²) in [5.41, 5.74) is 0.852. The lowest BCUT2D eigenvalue weighted by Crippen LogP contribution is -2.23. The van der Waals surface area contributed by atoms with Gasteiger partial charge < -0.3 is 20.5 Å². The first kappa shape index (κ1) is 23.2. The van der Waals surface area contributed by atoms with Crippen molar-refractivity contribution in [2.45, 2.75) is 13.0 Å². The van der Waals surface area contributed by atoms with E-state index < -0.39 is 23.9 Å². The average Bonchev–Trinajstić information content (AvgIpc) is 2.81. The van der Waals surface area contributed by atoms with Crippen molar-refractivity contribution < 1.29 is 24.2 Å². The zero-order valence-electron chi connectivity index (χ0n) is 17.2. The number of aromatic nitrogens is 1. The average molecular weight is 465 g/mol. The van der Waals surface area contributed by atoms with E-state index in [0.29, 0.717) is 10.6 Å². The van der Waals surface area contributed by atoms with Gasteiger partial charge in [-0.05, 0) is 61.5 Å². The fourth-order valence-corrected chi connectivity index (χ4v) is 2.78. The number of halogens is 1. The van der Waals surface area contributed by atoms with Gasteiger partial charge in [-0.1, -0.05) is 11.6 Å². The number of carboxylic acid groups (broad SMARTS) is 1. The highest BCUT2D eigenvalue weighted by atomic mass is 35.5. The van der Waals surface area contributed by atoms with E-state index in [1.165, 1.54) is 61.7 Å². The number of carbonyl (C=O) groups is 3. The third-order valence-electron chi connectivity index (χ3n) is 4.39. The number of pyridine rings is 1. The van der Waals surface area contributed by atoms with Crippen molar-refractivity contribution in [3.63, 3.8) is 0 Å². The molecule has 33 heavy (non-hydrogen) atoms. The fraction of sp³-hybridized carbons (Fsp3) is 0.0870. The lowest BCUT2D eigenvalue weighted by Gasteiger charge is -2.15. The maximum atomic E-state index is 12.9. The largest absolute Gasteiger partial charge is 0.479 e. The summed E-state index contributed by atoms with van der Waals surface area (Å²) in [7, 11) is 0. The van der Waals surface area contributed by atoms with Gasteiger partial charge in [0.25, 0.3) is 11.8 Å². The Kier molecular flexibility index (Phi) is 7.23. The smallest absolute Gasteiger partial charge is 0.344 e. The molecule has 1 atom stereocenters. The van der Waals surface area contributed by atoms with Crippen LogP contribution in [0.3, 0.4) is 0 Å². The van der Waals surface area contributed by atoms with Gasteiger partial charge >= 0.3 is 5.97 Å². The number of aliphatic carboxylic acids is 1. The Morgan fingerprint density at radius 3 is 2.39 bits per heavy atom. The number of rotatable bonds is 7. The van der Waals surface area contributed by atoms with Crippen LogP contribution < -0.4 is 15.4 Å². The molecule has 2 amide bonds. The fourth-order valence-electron chi connectivity index (χ4n) is 2.67. The Bertz CT molecular complexity index is 1240. The number of nitrogens with one attached hydrogen (secondary N) is 2. The molecule has 0 bridgehead atoms. The van der Waals surface area contributed by atoms with Crippen molar-refractivity contribution in [3.05, 3.63) is 82.5 Å². The van der Waals surface area contributed by atoms with Gasteiger partial charge in [-0.15, -0.1) is 0 Å². The van der Waals surface area contributed by atoms with Crippen molar-refractivity contribution in [3.8, 4) is 11.8 Å². The van der Waals surface area contributed by atoms with E-state index in [4.69, 9.17) is 26.7 Å². The van der Waals surface area contributed by atoms with Gasteiger partial charge in [0, 0.05) is 11.8 Å². The number of amides is 2. The minimum atomic E-state index is -1.18. The van der Waals surface area contributed by atoms with Crippen LogP contribution >= 0.6 is 11.6 Å². The number of nitriles is 1. The first-order valence-corrected chi connectivity index (χ1v) is 9.92. The van der Waals surface area contributed by atoms with E-state index in [0.717, 1.165) is 0 Å². The molecule has 0 aliphatic rings. The Morgan fingerprint density at radius 2 is 1.79 bits per heavy atom. The number of nitrogens with zero attached hydrogens (tertiary/aromatic N) is 2. The number of hydrogen-bond acceptors (Lipinski definition) is 6. The van der Waals surface area contributed by atoms with Gasteiger partial charge in [-0.3, -0.25) is 9.59 Å². The van der Waals surface area contributed by atoms with E-state index in [1.807, 2.05) is 6.07 Å². The Balaban J connectivity index is 1.90. The summed E-state index contributed by atoms with van der Waals surface area (Å²) in [5.74, 6) is -1.96. The molecule has 3 aromatic rings. The number of hydrogen-bond donors (Lipinski definition) is 3. The predicted molar refractivity (Wildman–Crippen MR) is 120 cm³/mol. The lowest BCUT2D eigenvalue weighted by molar-refractivity contribution is -0.144. The van der Waals surface area contributed by atoms with E-state index in [1.54, 1.807) is 6.07 Å². The molecule has 9 nitrogen and oxygen atoms in total. The summed E-state index contributed by atoms with van der Waals surface area (Å²) in [4.78, 5) is 40.7. The molecule has 3 rings (SSSR count). The molecule has 0 saturated carbocycles. The van der Waals surface area contributed by atoms with Crippen LogP contribution in [-0.4, -0.2) is 34.0 Å². The van der Waals surface area contributed by atoms with Crippen LogP contribution in [-0.2, 0) is 4.79 Å². The zero-order chi connectivity index (χ0) is 24.0. The molecule has 0 saturated heterocycles. The van der Waals surface area contributed by atoms with Gasteiger partial charge in [0.1, 0.15) is 11.6 Å². The predicted octanol–water partition coefficient (Wildman–Crippen LogP) is 3.96. The second-order valence-corrected chi connectivity index (χ2v) is 7.20. The van der Waals surface area contributed by atoms with Gasteiger partial charge in [-0.25, -0.2) is 9.78 Å². The van der Waals surface area contributed by atoms with Crippen LogP contribution in [0.4, 0.5) is 11.5 Å². The summed E-state index contributed by atoms with van der Waals surface area (Å²) in [5, 5.41) is 23.6. The molecule has 0 spiro atoms. The molecule has 166 valence electrons. The molecular weight excluding hydrogens is 448 g/mol. The van der Waals surface area contributed by atoms with Crippen molar-refractivity contribution in [1.82, 2.24) is 4.98 Å². The minimum absolute atomic E-state index is 0.0174. The number of anilines is 2. The van der Waals surface area contributed by atoms with Gasteiger partial charge in [0.15, 0.2) is 6.10 Å². The molecule has 1 aromatic heterocycles. The van der Waals surface area contributed by atoms with Crippen LogP contribution in [0.5, 0.6) is 5.75 Å². The standard InChI is InChI=1S/C23H17ClN4O5/c1-13(23(31)32)33-17-7-8-19(27-21(29)15-4-2-14(11-25)3-5-15)18(10-17)22(30)28-20-9-6-16(24)12-26-20/h2-10,12-13H,1H3,(H,27,29)(H,31,32)(H,26,28,30). The maximum absolute atomic E-state index is 12.9. The van der Waals surface area contributed by atoms with Crippen LogP contribution in [0.2, 0.25) is 5.02 Å². The van der Waals surface area contributed by atoms with Crippen LogP contribution in [0, 0.1) is 11.3 Å². The third-order valence-corrected chi connectivity index (χ3v) is 4.61. The number of carboxylic acids is 1. The second-order valence-electron chi connectivity index (χ2n) is 6.76. The summed E-state index contributed by atoms with van der Waals surface area (Å²) < 4.78 is 5.35. The Labute approximate surface area is 193 Å². The highest BCUT2D eigenvalue weighted by Gasteiger charge is 2.19. The molecule has 1 unspecified atom stereocenters. The van der Waals surface area contributed by atoms with Gasteiger partial charge in [-0.2, -0.15) is 5.26 Å². The topological polar surface area (TPSA) is 141 Å². The molecule has 1 heterocycles. The molecular formula is C23H17ClN4O5.